The standard InChI is InChI=1S/C25H29N3O5/c1-16(29)33-20-10-7-9-17(12-20)23(31)26-14-18-8-5-6-11-21(18)27-24(32)19-13-22(30)28(15-19)25(2,3)4/h5-12,19H,13-15H2,1-4H3,(H,26,31)(H,27,32). The number of hydrogen-bond acceptors (Lipinski definition) is 5. The molecule has 1 aliphatic heterocycles. The molecule has 1 aliphatic rings. The number of ether oxygens (including phenoxy) is 1. The van der Waals surface area contributed by atoms with Gasteiger partial charge < -0.3 is 20.3 Å². The number of carbonyl (C=O) groups excluding carboxylic acids is 4. The second-order valence-electron chi connectivity index (χ2n) is 9.03. The van der Waals surface area contributed by atoms with E-state index in [2.05, 4.69) is 10.6 Å². The molecule has 8 heteroatoms. The fraction of sp³-hybridized carbons (Fsp3) is 0.360. The first-order chi connectivity index (χ1) is 15.5. The van der Waals surface area contributed by atoms with Crippen LogP contribution in [0.1, 0.15) is 50.0 Å². The van der Waals surface area contributed by atoms with Gasteiger partial charge in [-0.1, -0.05) is 24.3 Å². The first-order valence-electron chi connectivity index (χ1n) is 10.8. The molecule has 0 saturated carbocycles. The van der Waals surface area contributed by atoms with Crippen molar-refractivity contribution in [1.82, 2.24) is 10.2 Å². The number of rotatable bonds is 6. The molecular formula is C25H29N3O5. The summed E-state index contributed by atoms with van der Waals surface area (Å²) in [5.74, 6) is -1.19. The molecule has 1 fully saturated rings. The minimum atomic E-state index is -0.466. The quantitative estimate of drug-likeness (QED) is 0.519. The number of benzene rings is 2. The molecule has 1 saturated heterocycles. The number of para-hydroxylation sites is 1. The topological polar surface area (TPSA) is 105 Å². The maximum Gasteiger partial charge on any atom is 0.308 e. The number of nitrogens with one attached hydrogen (secondary N) is 2. The third-order valence-electron chi connectivity index (χ3n) is 5.38. The van der Waals surface area contributed by atoms with Crippen molar-refractivity contribution in [3.05, 3.63) is 59.7 Å². The summed E-state index contributed by atoms with van der Waals surface area (Å²) < 4.78 is 5.02. The van der Waals surface area contributed by atoms with Crippen LogP contribution in [0, 0.1) is 5.92 Å². The summed E-state index contributed by atoms with van der Waals surface area (Å²) in [6.07, 6.45) is 0.181. The van der Waals surface area contributed by atoms with Crippen molar-refractivity contribution in [2.24, 2.45) is 5.92 Å². The van der Waals surface area contributed by atoms with E-state index in [9.17, 15) is 19.2 Å². The molecule has 0 aliphatic carbocycles. The van der Waals surface area contributed by atoms with Crippen molar-refractivity contribution in [2.45, 2.75) is 46.2 Å². The van der Waals surface area contributed by atoms with Gasteiger partial charge in [-0.15, -0.1) is 0 Å². The van der Waals surface area contributed by atoms with E-state index < -0.39 is 11.9 Å². The van der Waals surface area contributed by atoms with Gasteiger partial charge in [-0.3, -0.25) is 19.2 Å². The summed E-state index contributed by atoms with van der Waals surface area (Å²) in [5, 5.41) is 5.73. The van der Waals surface area contributed by atoms with Crippen molar-refractivity contribution in [3.63, 3.8) is 0 Å². The van der Waals surface area contributed by atoms with Gasteiger partial charge in [0.1, 0.15) is 5.75 Å². The Hall–Kier alpha value is -3.68. The smallest absolute Gasteiger partial charge is 0.308 e. The number of hydrogen-bond donors (Lipinski definition) is 2. The molecule has 1 unspecified atom stereocenters. The highest BCUT2D eigenvalue weighted by atomic mass is 16.5. The average Bonchev–Trinajstić information content (AvgIpc) is 3.15. The molecule has 1 atom stereocenters. The van der Waals surface area contributed by atoms with Crippen LogP contribution in [0.4, 0.5) is 5.69 Å². The van der Waals surface area contributed by atoms with Crippen LogP contribution in [-0.2, 0) is 20.9 Å². The summed E-state index contributed by atoms with van der Waals surface area (Å²) in [4.78, 5) is 50.6. The van der Waals surface area contributed by atoms with Gasteiger partial charge in [0.15, 0.2) is 0 Å². The van der Waals surface area contributed by atoms with E-state index in [4.69, 9.17) is 4.74 Å². The maximum absolute atomic E-state index is 12.9. The molecule has 3 amide bonds. The Morgan fingerprint density at radius 3 is 2.48 bits per heavy atom. The third kappa shape index (κ3) is 6.19. The highest BCUT2D eigenvalue weighted by molar-refractivity contribution is 5.98. The second-order valence-corrected chi connectivity index (χ2v) is 9.03. The Kier molecular flexibility index (Phi) is 7.16. The van der Waals surface area contributed by atoms with E-state index in [-0.39, 0.29) is 36.2 Å². The summed E-state index contributed by atoms with van der Waals surface area (Å²) >= 11 is 0. The van der Waals surface area contributed by atoms with E-state index in [1.165, 1.54) is 13.0 Å². The number of esters is 1. The minimum absolute atomic E-state index is 0.0285. The van der Waals surface area contributed by atoms with E-state index in [1.807, 2.05) is 32.9 Å². The Morgan fingerprint density at radius 1 is 1.09 bits per heavy atom. The monoisotopic (exact) mass is 451 g/mol. The fourth-order valence-electron chi connectivity index (χ4n) is 3.71. The lowest BCUT2D eigenvalue weighted by molar-refractivity contribution is -0.132. The summed E-state index contributed by atoms with van der Waals surface area (Å²) in [6.45, 7) is 7.71. The lowest BCUT2D eigenvalue weighted by Gasteiger charge is -2.32. The molecule has 8 nitrogen and oxygen atoms in total. The zero-order chi connectivity index (χ0) is 24.2. The predicted octanol–water partition coefficient (Wildman–Crippen LogP) is 3.13. The normalized spacial score (nSPS) is 15.8. The van der Waals surface area contributed by atoms with Crippen LogP contribution in [0.15, 0.2) is 48.5 Å². The molecule has 2 aromatic rings. The molecule has 1 heterocycles. The van der Waals surface area contributed by atoms with Crippen molar-refractivity contribution < 1.29 is 23.9 Å². The van der Waals surface area contributed by atoms with Crippen LogP contribution < -0.4 is 15.4 Å². The highest BCUT2D eigenvalue weighted by Crippen LogP contribution is 2.27. The molecule has 0 spiro atoms. The van der Waals surface area contributed by atoms with Gasteiger partial charge in [0, 0.05) is 43.2 Å². The molecule has 174 valence electrons. The van der Waals surface area contributed by atoms with E-state index in [0.717, 1.165) is 5.56 Å². The maximum atomic E-state index is 12.9. The molecule has 2 N–H and O–H groups in total. The van der Waals surface area contributed by atoms with Crippen LogP contribution in [-0.4, -0.2) is 40.7 Å². The molecule has 0 bridgehead atoms. The van der Waals surface area contributed by atoms with Crippen LogP contribution >= 0.6 is 0 Å². The SMILES string of the molecule is CC(=O)Oc1cccc(C(=O)NCc2ccccc2NC(=O)C2CC(=O)N(C(C)(C)C)C2)c1. The van der Waals surface area contributed by atoms with Crippen LogP contribution in [0.5, 0.6) is 5.75 Å². The van der Waals surface area contributed by atoms with Gasteiger partial charge in [-0.25, -0.2) is 0 Å². The molecular weight excluding hydrogens is 422 g/mol. The number of likely N-dealkylation sites (tertiary alicyclic amines) is 1. The zero-order valence-electron chi connectivity index (χ0n) is 19.3. The fourth-order valence-corrected chi connectivity index (χ4v) is 3.71. The van der Waals surface area contributed by atoms with Gasteiger partial charge in [-0.2, -0.15) is 0 Å². The lowest BCUT2D eigenvalue weighted by atomic mass is 10.1. The van der Waals surface area contributed by atoms with Gasteiger partial charge in [-0.05, 0) is 50.6 Å². The van der Waals surface area contributed by atoms with E-state index >= 15 is 0 Å². The third-order valence-corrected chi connectivity index (χ3v) is 5.38. The largest absolute Gasteiger partial charge is 0.427 e. The number of anilines is 1. The summed E-state index contributed by atoms with van der Waals surface area (Å²) in [7, 11) is 0. The van der Waals surface area contributed by atoms with Crippen molar-refractivity contribution in [1.29, 1.82) is 0 Å². The first-order valence-corrected chi connectivity index (χ1v) is 10.8. The molecule has 33 heavy (non-hydrogen) atoms. The van der Waals surface area contributed by atoms with Crippen LogP contribution in [0.3, 0.4) is 0 Å². The Balaban J connectivity index is 1.64. The van der Waals surface area contributed by atoms with Gasteiger partial charge in [0.05, 0.1) is 5.92 Å². The number of amides is 3. The number of carbonyl (C=O) groups is 4. The van der Waals surface area contributed by atoms with E-state index in [0.29, 0.717) is 23.5 Å². The van der Waals surface area contributed by atoms with E-state index in [1.54, 1.807) is 35.2 Å². The molecule has 0 radical (unpaired) electrons. The highest BCUT2D eigenvalue weighted by Gasteiger charge is 2.39. The Bertz CT molecular complexity index is 1070. The summed E-state index contributed by atoms with van der Waals surface area (Å²) in [5.41, 5.74) is 1.33. The predicted molar refractivity (Wildman–Crippen MR) is 124 cm³/mol. The van der Waals surface area contributed by atoms with Crippen molar-refractivity contribution in [2.75, 3.05) is 11.9 Å². The van der Waals surface area contributed by atoms with Crippen molar-refractivity contribution >= 4 is 29.4 Å². The molecule has 3 rings (SSSR count). The van der Waals surface area contributed by atoms with Crippen LogP contribution in [0.25, 0.3) is 0 Å². The molecule has 2 aromatic carbocycles. The first kappa shape index (κ1) is 24.0. The Labute approximate surface area is 193 Å². The average molecular weight is 452 g/mol. The Morgan fingerprint density at radius 2 is 1.82 bits per heavy atom. The van der Waals surface area contributed by atoms with Gasteiger partial charge in [0.25, 0.3) is 5.91 Å². The van der Waals surface area contributed by atoms with Crippen LogP contribution in [0.2, 0.25) is 0 Å². The molecule has 0 aromatic heterocycles. The van der Waals surface area contributed by atoms with Gasteiger partial charge in [0.2, 0.25) is 11.8 Å². The zero-order valence-corrected chi connectivity index (χ0v) is 19.3. The van der Waals surface area contributed by atoms with Gasteiger partial charge >= 0.3 is 5.97 Å². The lowest BCUT2D eigenvalue weighted by Crippen LogP contribution is -2.42. The number of nitrogens with zero attached hydrogens (tertiary/aromatic N) is 1. The second kappa shape index (κ2) is 9.85. The van der Waals surface area contributed by atoms with Crippen molar-refractivity contribution in [3.8, 4) is 5.75 Å². The summed E-state index contributed by atoms with van der Waals surface area (Å²) in [6, 6.07) is 13.5. The minimum Gasteiger partial charge on any atom is -0.427 e.